The fourth-order valence-electron chi connectivity index (χ4n) is 2.50. The van der Waals surface area contributed by atoms with Gasteiger partial charge < -0.3 is 10.0 Å². The van der Waals surface area contributed by atoms with E-state index in [4.69, 9.17) is 12.2 Å². The van der Waals surface area contributed by atoms with Crippen LogP contribution in [0.3, 0.4) is 0 Å². The number of ketones is 1. The standard InChI is InChI=1S/C15H17NO3S/c1-10(13(17)11-6-3-2-4-7-11)14(20)16-9-5-8-12(16)15(18)19/h2-4,6-7,10,12H,5,8-9H2,1H3,(H,18,19)/t10?,12-/m0/s1. The maximum absolute atomic E-state index is 12.4. The lowest BCUT2D eigenvalue weighted by molar-refractivity contribution is -0.140. The first-order chi connectivity index (χ1) is 9.52. The van der Waals surface area contributed by atoms with Gasteiger partial charge in [-0.3, -0.25) is 4.79 Å². The highest BCUT2D eigenvalue weighted by molar-refractivity contribution is 7.80. The molecule has 1 fully saturated rings. The number of carboxylic acid groups (broad SMARTS) is 1. The average molecular weight is 291 g/mol. The van der Waals surface area contributed by atoms with Crippen molar-refractivity contribution >= 4 is 29.0 Å². The average Bonchev–Trinajstić information content (AvgIpc) is 2.95. The van der Waals surface area contributed by atoms with Crippen molar-refractivity contribution in [1.82, 2.24) is 4.90 Å². The number of hydrogen-bond donors (Lipinski definition) is 1. The summed E-state index contributed by atoms with van der Waals surface area (Å²) in [5, 5.41) is 9.18. The number of aliphatic carboxylic acids is 1. The summed E-state index contributed by atoms with van der Waals surface area (Å²) in [6, 6.07) is 8.37. The van der Waals surface area contributed by atoms with E-state index in [1.54, 1.807) is 36.1 Å². The molecule has 1 aliphatic heterocycles. The molecule has 1 unspecified atom stereocenters. The van der Waals surface area contributed by atoms with Crippen molar-refractivity contribution in [2.45, 2.75) is 25.8 Å². The quantitative estimate of drug-likeness (QED) is 0.682. The summed E-state index contributed by atoms with van der Waals surface area (Å²) in [5.74, 6) is -1.41. The van der Waals surface area contributed by atoms with Crippen LogP contribution >= 0.6 is 12.2 Å². The summed E-state index contributed by atoms with van der Waals surface area (Å²) in [7, 11) is 0. The lowest BCUT2D eigenvalue weighted by atomic mass is 9.98. The molecular formula is C15H17NO3S. The van der Waals surface area contributed by atoms with E-state index in [-0.39, 0.29) is 5.78 Å². The van der Waals surface area contributed by atoms with Crippen LogP contribution in [0.2, 0.25) is 0 Å². The first-order valence-corrected chi connectivity index (χ1v) is 7.05. The van der Waals surface area contributed by atoms with Crippen molar-refractivity contribution in [3.63, 3.8) is 0 Å². The molecule has 0 spiro atoms. The molecule has 2 atom stereocenters. The minimum atomic E-state index is -0.871. The van der Waals surface area contributed by atoms with E-state index in [0.29, 0.717) is 23.5 Å². The summed E-state index contributed by atoms with van der Waals surface area (Å²) in [4.78, 5) is 25.7. The molecule has 0 saturated carbocycles. The van der Waals surface area contributed by atoms with Gasteiger partial charge in [0.05, 0.1) is 10.9 Å². The van der Waals surface area contributed by atoms with E-state index in [9.17, 15) is 14.7 Å². The second kappa shape index (κ2) is 6.13. The minimum absolute atomic E-state index is 0.0633. The number of benzene rings is 1. The van der Waals surface area contributed by atoms with Crippen LogP contribution in [0.25, 0.3) is 0 Å². The predicted octanol–water partition coefficient (Wildman–Crippen LogP) is 2.38. The van der Waals surface area contributed by atoms with Gasteiger partial charge in [-0.2, -0.15) is 0 Å². The van der Waals surface area contributed by atoms with E-state index in [0.717, 1.165) is 6.42 Å². The van der Waals surface area contributed by atoms with Crippen molar-refractivity contribution in [2.24, 2.45) is 5.92 Å². The van der Waals surface area contributed by atoms with Crippen LogP contribution in [-0.2, 0) is 4.79 Å². The summed E-state index contributed by atoms with van der Waals surface area (Å²) in [5.41, 5.74) is 0.605. The van der Waals surface area contributed by atoms with Crippen LogP contribution in [0.1, 0.15) is 30.1 Å². The molecule has 1 heterocycles. The van der Waals surface area contributed by atoms with Gasteiger partial charge in [-0.05, 0) is 19.8 Å². The Kier molecular flexibility index (Phi) is 4.49. The van der Waals surface area contributed by atoms with Crippen LogP contribution in [0.15, 0.2) is 30.3 Å². The monoisotopic (exact) mass is 291 g/mol. The number of hydrogen-bond acceptors (Lipinski definition) is 3. The van der Waals surface area contributed by atoms with E-state index < -0.39 is 17.9 Å². The van der Waals surface area contributed by atoms with Crippen molar-refractivity contribution in [2.75, 3.05) is 6.54 Å². The minimum Gasteiger partial charge on any atom is -0.480 e. The molecule has 1 aromatic rings. The zero-order chi connectivity index (χ0) is 14.7. The van der Waals surface area contributed by atoms with Gasteiger partial charge in [-0.15, -0.1) is 0 Å². The van der Waals surface area contributed by atoms with E-state index in [1.165, 1.54) is 0 Å². The smallest absolute Gasteiger partial charge is 0.326 e. The Labute approximate surface area is 123 Å². The lowest BCUT2D eigenvalue weighted by Gasteiger charge is -2.27. The molecule has 1 aromatic carbocycles. The Morgan fingerprint density at radius 1 is 1.35 bits per heavy atom. The molecular weight excluding hydrogens is 274 g/mol. The molecule has 106 valence electrons. The Hall–Kier alpha value is -1.75. The molecule has 0 bridgehead atoms. The molecule has 5 heteroatoms. The Morgan fingerprint density at radius 3 is 2.60 bits per heavy atom. The molecule has 2 rings (SSSR count). The number of Topliss-reactive ketones (excluding diaryl/α,β-unsaturated/α-hetero) is 1. The van der Waals surface area contributed by atoms with Gasteiger partial charge in [0.15, 0.2) is 5.78 Å². The Balaban J connectivity index is 2.13. The number of carbonyl (C=O) groups excluding carboxylic acids is 1. The molecule has 1 saturated heterocycles. The van der Waals surface area contributed by atoms with Crippen LogP contribution in [0.5, 0.6) is 0 Å². The highest BCUT2D eigenvalue weighted by Crippen LogP contribution is 2.22. The topological polar surface area (TPSA) is 57.6 Å². The van der Waals surface area contributed by atoms with Crippen LogP contribution in [0.4, 0.5) is 0 Å². The van der Waals surface area contributed by atoms with Gasteiger partial charge in [-0.25, -0.2) is 4.79 Å². The summed E-state index contributed by atoms with van der Waals surface area (Å²) >= 11 is 5.35. The number of likely N-dealkylation sites (tertiary alicyclic amines) is 1. The largest absolute Gasteiger partial charge is 0.480 e. The number of carboxylic acids is 1. The lowest BCUT2D eigenvalue weighted by Crippen LogP contribution is -2.43. The van der Waals surface area contributed by atoms with Gasteiger partial charge in [-0.1, -0.05) is 42.5 Å². The van der Waals surface area contributed by atoms with Crippen molar-refractivity contribution in [3.05, 3.63) is 35.9 Å². The molecule has 4 nitrogen and oxygen atoms in total. The summed E-state index contributed by atoms with van der Waals surface area (Å²) in [6.07, 6.45) is 1.38. The van der Waals surface area contributed by atoms with Crippen molar-refractivity contribution < 1.29 is 14.7 Å². The zero-order valence-electron chi connectivity index (χ0n) is 11.3. The molecule has 1 N–H and O–H groups in total. The molecule has 0 amide bonds. The third-order valence-corrected chi connectivity index (χ3v) is 4.23. The Bertz CT molecular complexity index is 529. The van der Waals surface area contributed by atoms with Crippen LogP contribution in [-0.4, -0.2) is 39.3 Å². The maximum atomic E-state index is 12.4. The molecule has 0 aliphatic carbocycles. The summed E-state index contributed by atoms with van der Waals surface area (Å²) in [6.45, 7) is 2.36. The highest BCUT2D eigenvalue weighted by atomic mass is 32.1. The van der Waals surface area contributed by atoms with Gasteiger partial charge in [0.2, 0.25) is 0 Å². The normalized spacial score (nSPS) is 19.6. The fourth-order valence-corrected chi connectivity index (χ4v) is 2.83. The first kappa shape index (κ1) is 14.7. The maximum Gasteiger partial charge on any atom is 0.326 e. The fraction of sp³-hybridized carbons (Fsp3) is 0.400. The van der Waals surface area contributed by atoms with E-state index in [1.807, 2.05) is 6.07 Å². The van der Waals surface area contributed by atoms with Crippen LogP contribution in [0, 0.1) is 5.92 Å². The van der Waals surface area contributed by atoms with Gasteiger partial charge in [0, 0.05) is 12.1 Å². The van der Waals surface area contributed by atoms with Gasteiger partial charge in [0.1, 0.15) is 6.04 Å². The van der Waals surface area contributed by atoms with Gasteiger partial charge >= 0.3 is 5.97 Å². The highest BCUT2D eigenvalue weighted by Gasteiger charge is 2.35. The second-order valence-electron chi connectivity index (χ2n) is 4.98. The van der Waals surface area contributed by atoms with E-state index in [2.05, 4.69) is 0 Å². The number of carbonyl (C=O) groups is 2. The van der Waals surface area contributed by atoms with Crippen molar-refractivity contribution in [3.8, 4) is 0 Å². The number of thiocarbonyl (C=S) groups is 1. The zero-order valence-corrected chi connectivity index (χ0v) is 12.1. The van der Waals surface area contributed by atoms with Gasteiger partial charge in [0.25, 0.3) is 0 Å². The van der Waals surface area contributed by atoms with Crippen LogP contribution < -0.4 is 0 Å². The predicted molar refractivity (Wildman–Crippen MR) is 79.9 cm³/mol. The third-order valence-electron chi connectivity index (χ3n) is 3.64. The first-order valence-electron chi connectivity index (χ1n) is 6.65. The Morgan fingerprint density at radius 2 is 2.00 bits per heavy atom. The van der Waals surface area contributed by atoms with E-state index >= 15 is 0 Å². The summed E-state index contributed by atoms with van der Waals surface area (Å²) < 4.78 is 0. The molecule has 1 aliphatic rings. The third kappa shape index (κ3) is 2.88. The molecule has 0 radical (unpaired) electrons. The second-order valence-corrected chi connectivity index (χ2v) is 5.40. The number of nitrogens with zero attached hydrogens (tertiary/aromatic N) is 1. The number of rotatable bonds is 4. The molecule has 0 aromatic heterocycles. The SMILES string of the molecule is CC(C(=O)c1ccccc1)C(=S)N1CCC[C@H]1C(=O)O. The van der Waals surface area contributed by atoms with Crippen molar-refractivity contribution in [1.29, 1.82) is 0 Å². The molecule has 20 heavy (non-hydrogen) atoms.